The highest BCUT2D eigenvalue weighted by atomic mass is 35.5. The summed E-state index contributed by atoms with van der Waals surface area (Å²) in [7, 11) is 0. The Kier molecular flexibility index (Phi) is 5.47. The molecule has 5 nitrogen and oxygen atoms in total. The van der Waals surface area contributed by atoms with E-state index in [9.17, 15) is 4.79 Å². The summed E-state index contributed by atoms with van der Waals surface area (Å²) < 4.78 is 10.9. The predicted octanol–water partition coefficient (Wildman–Crippen LogP) is 2.47. The lowest BCUT2D eigenvalue weighted by Crippen LogP contribution is -2.34. The number of halogens is 1. The first-order valence-electron chi connectivity index (χ1n) is 6.83. The van der Waals surface area contributed by atoms with E-state index in [2.05, 4.69) is 11.9 Å². The van der Waals surface area contributed by atoms with E-state index in [0.717, 1.165) is 6.54 Å². The summed E-state index contributed by atoms with van der Waals surface area (Å²) in [5.74, 6) is 1.25. The zero-order valence-electron chi connectivity index (χ0n) is 12.0. The number of rotatable bonds is 6. The lowest BCUT2D eigenvalue weighted by Gasteiger charge is -2.20. The minimum atomic E-state index is -0.105. The highest BCUT2D eigenvalue weighted by molar-refractivity contribution is 6.29. The van der Waals surface area contributed by atoms with E-state index in [0.29, 0.717) is 42.0 Å². The number of amides is 1. The monoisotopic (exact) mass is 310 g/mol. The van der Waals surface area contributed by atoms with Gasteiger partial charge in [0.2, 0.25) is 5.91 Å². The number of hydrogen-bond acceptors (Lipinski definition) is 4. The van der Waals surface area contributed by atoms with Crippen LogP contribution in [-0.4, -0.2) is 43.7 Å². The summed E-state index contributed by atoms with van der Waals surface area (Å²) in [5.41, 5.74) is 0.685. The molecule has 1 aromatic rings. The van der Waals surface area contributed by atoms with Crippen molar-refractivity contribution in [2.24, 2.45) is 0 Å². The number of carbonyl (C=O) groups excluding carboxylic acids is 1. The SMILES string of the molecule is C=C(Cl)CN(CC)CC(=O)Nc1ccc2c(c1)OCCO2. The quantitative estimate of drug-likeness (QED) is 0.877. The Balaban J connectivity index is 1.94. The molecule has 0 saturated heterocycles. The molecule has 114 valence electrons. The van der Waals surface area contributed by atoms with Crippen molar-refractivity contribution < 1.29 is 14.3 Å². The Morgan fingerprint density at radius 3 is 2.71 bits per heavy atom. The number of fused-ring (bicyclic) bond motifs is 1. The van der Waals surface area contributed by atoms with Gasteiger partial charge in [-0.25, -0.2) is 0 Å². The maximum Gasteiger partial charge on any atom is 0.238 e. The fourth-order valence-electron chi connectivity index (χ4n) is 2.05. The largest absolute Gasteiger partial charge is 0.486 e. The van der Waals surface area contributed by atoms with Crippen LogP contribution in [0.15, 0.2) is 29.8 Å². The van der Waals surface area contributed by atoms with Crippen LogP contribution in [0.5, 0.6) is 11.5 Å². The minimum absolute atomic E-state index is 0.105. The van der Waals surface area contributed by atoms with Crippen LogP contribution in [-0.2, 0) is 4.79 Å². The summed E-state index contributed by atoms with van der Waals surface area (Å²) >= 11 is 5.78. The molecule has 1 N–H and O–H groups in total. The number of carbonyl (C=O) groups is 1. The second-order valence-corrected chi connectivity index (χ2v) is 5.26. The van der Waals surface area contributed by atoms with Crippen LogP contribution in [0, 0.1) is 0 Å². The van der Waals surface area contributed by atoms with Crippen LogP contribution in [0.25, 0.3) is 0 Å². The number of likely N-dealkylation sites (N-methyl/N-ethyl adjacent to an activating group) is 1. The second-order valence-electron chi connectivity index (χ2n) is 4.73. The Morgan fingerprint density at radius 1 is 1.33 bits per heavy atom. The summed E-state index contributed by atoms with van der Waals surface area (Å²) in [6, 6.07) is 5.35. The van der Waals surface area contributed by atoms with Crippen LogP contribution in [0.4, 0.5) is 5.69 Å². The van der Waals surface area contributed by atoms with Gasteiger partial charge in [0.1, 0.15) is 13.2 Å². The van der Waals surface area contributed by atoms with Gasteiger partial charge in [-0.3, -0.25) is 9.69 Å². The van der Waals surface area contributed by atoms with Gasteiger partial charge in [-0.2, -0.15) is 0 Å². The third kappa shape index (κ3) is 4.65. The van der Waals surface area contributed by atoms with Crippen molar-refractivity contribution in [1.29, 1.82) is 0 Å². The van der Waals surface area contributed by atoms with Crippen LogP contribution < -0.4 is 14.8 Å². The summed E-state index contributed by atoms with van der Waals surface area (Å²) in [6.07, 6.45) is 0. The molecule has 0 bridgehead atoms. The van der Waals surface area contributed by atoms with Crippen LogP contribution in [0.3, 0.4) is 0 Å². The normalized spacial score (nSPS) is 13.1. The van der Waals surface area contributed by atoms with Gasteiger partial charge >= 0.3 is 0 Å². The van der Waals surface area contributed by atoms with Crippen LogP contribution in [0.2, 0.25) is 0 Å². The molecule has 1 aliphatic rings. The zero-order chi connectivity index (χ0) is 15.2. The zero-order valence-corrected chi connectivity index (χ0v) is 12.8. The number of nitrogens with zero attached hydrogens (tertiary/aromatic N) is 1. The molecular formula is C15H19ClN2O3. The van der Waals surface area contributed by atoms with Gasteiger partial charge in [-0.1, -0.05) is 25.1 Å². The van der Waals surface area contributed by atoms with Crippen molar-refractivity contribution in [1.82, 2.24) is 4.90 Å². The van der Waals surface area contributed by atoms with Crippen molar-refractivity contribution in [3.05, 3.63) is 29.8 Å². The van der Waals surface area contributed by atoms with E-state index in [1.165, 1.54) is 0 Å². The fourth-order valence-corrected chi connectivity index (χ4v) is 2.22. The van der Waals surface area contributed by atoms with Crippen LogP contribution >= 0.6 is 11.6 Å². The minimum Gasteiger partial charge on any atom is -0.486 e. The van der Waals surface area contributed by atoms with Gasteiger partial charge in [0.25, 0.3) is 0 Å². The average molecular weight is 311 g/mol. The molecule has 1 amide bonds. The molecule has 1 aliphatic heterocycles. The lowest BCUT2D eigenvalue weighted by atomic mass is 10.2. The third-order valence-electron chi connectivity index (χ3n) is 3.04. The van der Waals surface area contributed by atoms with E-state index in [1.54, 1.807) is 18.2 Å². The molecule has 21 heavy (non-hydrogen) atoms. The van der Waals surface area contributed by atoms with Crippen molar-refractivity contribution in [3.63, 3.8) is 0 Å². The van der Waals surface area contributed by atoms with Crippen LogP contribution in [0.1, 0.15) is 6.92 Å². The van der Waals surface area contributed by atoms with Crippen molar-refractivity contribution >= 4 is 23.2 Å². The van der Waals surface area contributed by atoms with E-state index < -0.39 is 0 Å². The van der Waals surface area contributed by atoms with Gasteiger partial charge < -0.3 is 14.8 Å². The first-order chi connectivity index (χ1) is 10.1. The number of nitrogens with one attached hydrogen (secondary N) is 1. The second kappa shape index (κ2) is 7.33. The molecule has 0 aliphatic carbocycles. The number of anilines is 1. The molecule has 0 fully saturated rings. The Labute approximate surface area is 129 Å². The summed E-state index contributed by atoms with van der Waals surface area (Å²) in [5, 5.41) is 3.36. The van der Waals surface area contributed by atoms with E-state index in [1.807, 2.05) is 11.8 Å². The summed E-state index contributed by atoms with van der Waals surface area (Å²) in [6.45, 7) is 8.16. The maximum atomic E-state index is 12.0. The molecule has 0 radical (unpaired) electrons. The van der Waals surface area contributed by atoms with Crippen molar-refractivity contribution in [3.8, 4) is 11.5 Å². The average Bonchev–Trinajstić information content (AvgIpc) is 2.45. The van der Waals surface area contributed by atoms with Crippen molar-refractivity contribution in [2.45, 2.75) is 6.92 Å². The molecule has 0 unspecified atom stereocenters. The smallest absolute Gasteiger partial charge is 0.238 e. The standard InChI is InChI=1S/C15H19ClN2O3/c1-3-18(9-11(2)16)10-15(19)17-12-4-5-13-14(8-12)21-7-6-20-13/h4-5,8H,2-3,6-7,9-10H2,1H3,(H,17,19). The molecular weight excluding hydrogens is 292 g/mol. The topological polar surface area (TPSA) is 50.8 Å². The van der Waals surface area contributed by atoms with Gasteiger partial charge in [-0.05, 0) is 18.7 Å². The van der Waals surface area contributed by atoms with E-state index in [4.69, 9.17) is 21.1 Å². The van der Waals surface area contributed by atoms with Crippen molar-refractivity contribution in [2.75, 3.05) is 38.2 Å². The number of hydrogen-bond donors (Lipinski definition) is 1. The highest BCUT2D eigenvalue weighted by Crippen LogP contribution is 2.32. The molecule has 0 saturated carbocycles. The van der Waals surface area contributed by atoms with E-state index in [-0.39, 0.29) is 12.5 Å². The first kappa shape index (κ1) is 15.7. The number of ether oxygens (including phenoxy) is 2. The third-order valence-corrected chi connectivity index (χ3v) is 3.16. The van der Waals surface area contributed by atoms with Gasteiger partial charge in [0.05, 0.1) is 6.54 Å². The molecule has 0 spiro atoms. The lowest BCUT2D eigenvalue weighted by molar-refractivity contribution is -0.117. The Morgan fingerprint density at radius 2 is 2.05 bits per heavy atom. The molecule has 0 aromatic heterocycles. The van der Waals surface area contributed by atoms with Gasteiger partial charge in [-0.15, -0.1) is 0 Å². The van der Waals surface area contributed by atoms with E-state index >= 15 is 0 Å². The summed E-state index contributed by atoms with van der Waals surface area (Å²) in [4.78, 5) is 13.9. The molecule has 1 heterocycles. The molecule has 2 rings (SSSR count). The molecule has 0 atom stereocenters. The molecule has 1 aromatic carbocycles. The number of benzene rings is 1. The van der Waals surface area contributed by atoms with Gasteiger partial charge in [0.15, 0.2) is 11.5 Å². The fraction of sp³-hybridized carbons (Fsp3) is 0.400. The van der Waals surface area contributed by atoms with Gasteiger partial charge in [0, 0.05) is 23.3 Å². The Bertz CT molecular complexity index is 534. The predicted molar refractivity (Wildman–Crippen MR) is 83.2 cm³/mol. The first-order valence-corrected chi connectivity index (χ1v) is 7.21. The maximum absolute atomic E-state index is 12.0. The Hall–Kier alpha value is -1.72. The molecule has 6 heteroatoms. The highest BCUT2D eigenvalue weighted by Gasteiger charge is 2.14.